The first-order valence-electron chi connectivity index (χ1n) is 7.17. The standard InChI is InChI=1S/C15H16ClNO5S2/c1-20-13(14-4-5-15(16)23-14)9-17-24(18,19)10-2-3-11-12(8-10)22-7-6-21-11/h2-5,8,13,17H,6-7,9H2,1H3/t13-/m1/s1. The highest BCUT2D eigenvalue weighted by molar-refractivity contribution is 7.89. The lowest BCUT2D eigenvalue weighted by Gasteiger charge is -2.19. The maximum absolute atomic E-state index is 12.5. The number of nitrogens with one attached hydrogen (secondary N) is 1. The molecule has 0 bridgehead atoms. The van der Waals surface area contributed by atoms with Crippen molar-refractivity contribution >= 4 is 33.0 Å². The minimum atomic E-state index is -3.69. The Morgan fingerprint density at radius 2 is 2.00 bits per heavy atom. The third-order valence-electron chi connectivity index (χ3n) is 3.48. The van der Waals surface area contributed by atoms with E-state index in [1.165, 1.54) is 30.6 Å². The Morgan fingerprint density at radius 3 is 2.67 bits per heavy atom. The summed E-state index contributed by atoms with van der Waals surface area (Å²) in [6, 6.07) is 8.11. The van der Waals surface area contributed by atoms with Crippen molar-refractivity contribution in [3.63, 3.8) is 0 Å². The lowest BCUT2D eigenvalue weighted by Crippen LogP contribution is -2.29. The lowest BCUT2D eigenvalue weighted by molar-refractivity contribution is 0.110. The zero-order valence-electron chi connectivity index (χ0n) is 12.8. The first kappa shape index (κ1) is 17.5. The summed E-state index contributed by atoms with van der Waals surface area (Å²) in [5, 5.41) is 0. The lowest BCUT2D eigenvalue weighted by atomic mass is 10.3. The van der Waals surface area contributed by atoms with Gasteiger partial charge in [0.1, 0.15) is 19.3 Å². The molecule has 9 heteroatoms. The maximum atomic E-state index is 12.5. The van der Waals surface area contributed by atoms with E-state index in [1.54, 1.807) is 12.1 Å². The molecule has 130 valence electrons. The van der Waals surface area contributed by atoms with Crippen LogP contribution in [0.1, 0.15) is 11.0 Å². The molecule has 24 heavy (non-hydrogen) atoms. The first-order valence-corrected chi connectivity index (χ1v) is 9.85. The Labute approximate surface area is 149 Å². The van der Waals surface area contributed by atoms with Gasteiger partial charge in [0.25, 0.3) is 0 Å². The van der Waals surface area contributed by atoms with E-state index in [0.29, 0.717) is 29.0 Å². The van der Waals surface area contributed by atoms with Crippen molar-refractivity contribution in [2.75, 3.05) is 26.9 Å². The Morgan fingerprint density at radius 1 is 1.25 bits per heavy atom. The minimum Gasteiger partial charge on any atom is -0.486 e. The molecule has 1 aliphatic rings. The van der Waals surface area contributed by atoms with Crippen LogP contribution in [0.5, 0.6) is 11.5 Å². The monoisotopic (exact) mass is 389 g/mol. The van der Waals surface area contributed by atoms with Gasteiger partial charge in [-0.25, -0.2) is 13.1 Å². The fourth-order valence-electron chi connectivity index (χ4n) is 2.26. The van der Waals surface area contributed by atoms with Crippen LogP contribution in [0.3, 0.4) is 0 Å². The largest absolute Gasteiger partial charge is 0.486 e. The van der Waals surface area contributed by atoms with Gasteiger partial charge in [-0.15, -0.1) is 11.3 Å². The van der Waals surface area contributed by atoms with Gasteiger partial charge in [0.15, 0.2) is 11.5 Å². The van der Waals surface area contributed by atoms with Gasteiger partial charge >= 0.3 is 0 Å². The van der Waals surface area contributed by atoms with Crippen LogP contribution in [0, 0.1) is 0 Å². The molecular weight excluding hydrogens is 374 g/mol. The molecule has 2 aromatic rings. The molecule has 0 saturated heterocycles. The van der Waals surface area contributed by atoms with Crippen LogP contribution in [-0.4, -0.2) is 35.3 Å². The predicted octanol–water partition coefficient (Wildman–Crippen LogP) is 2.84. The molecule has 1 atom stereocenters. The van der Waals surface area contributed by atoms with E-state index < -0.39 is 16.1 Å². The zero-order valence-corrected chi connectivity index (χ0v) is 15.2. The third kappa shape index (κ3) is 3.84. The van der Waals surface area contributed by atoms with Crippen LogP contribution in [-0.2, 0) is 14.8 Å². The van der Waals surface area contributed by atoms with Crippen LogP contribution in [0.25, 0.3) is 0 Å². The molecule has 2 heterocycles. The Balaban J connectivity index is 1.73. The molecule has 0 saturated carbocycles. The average molecular weight is 390 g/mol. The van der Waals surface area contributed by atoms with E-state index in [2.05, 4.69) is 4.72 Å². The van der Waals surface area contributed by atoms with Crippen molar-refractivity contribution in [3.05, 3.63) is 39.5 Å². The van der Waals surface area contributed by atoms with Crippen molar-refractivity contribution in [1.82, 2.24) is 4.72 Å². The van der Waals surface area contributed by atoms with Crippen molar-refractivity contribution < 1.29 is 22.6 Å². The van der Waals surface area contributed by atoms with Crippen LogP contribution in [0.15, 0.2) is 35.2 Å². The number of rotatable bonds is 6. The molecule has 0 aliphatic carbocycles. The Bertz CT molecular complexity index is 821. The van der Waals surface area contributed by atoms with Crippen LogP contribution in [0.2, 0.25) is 4.34 Å². The summed E-state index contributed by atoms with van der Waals surface area (Å²) in [5.41, 5.74) is 0. The van der Waals surface area contributed by atoms with Gasteiger partial charge in [0.2, 0.25) is 10.0 Å². The highest BCUT2D eigenvalue weighted by Crippen LogP contribution is 2.32. The normalized spacial score (nSPS) is 15.2. The molecule has 1 N–H and O–H groups in total. The molecule has 6 nitrogen and oxygen atoms in total. The van der Waals surface area contributed by atoms with E-state index in [1.807, 2.05) is 6.07 Å². The number of sulfonamides is 1. The number of benzene rings is 1. The number of thiophene rings is 1. The van der Waals surface area contributed by atoms with Gasteiger partial charge in [-0.05, 0) is 24.3 Å². The summed E-state index contributed by atoms with van der Waals surface area (Å²) < 4.78 is 44.3. The van der Waals surface area contributed by atoms with Crippen molar-refractivity contribution in [1.29, 1.82) is 0 Å². The van der Waals surface area contributed by atoms with E-state index in [9.17, 15) is 8.42 Å². The predicted molar refractivity (Wildman–Crippen MR) is 91.7 cm³/mol. The number of fused-ring (bicyclic) bond motifs is 1. The second-order valence-corrected chi connectivity index (χ2v) is 8.54. The smallest absolute Gasteiger partial charge is 0.240 e. The number of ether oxygens (including phenoxy) is 3. The molecule has 1 aromatic heterocycles. The van der Waals surface area contributed by atoms with Crippen LogP contribution in [0.4, 0.5) is 0 Å². The van der Waals surface area contributed by atoms with Crippen molar-refractivity contribution in [3.8, 4) is 11.5 Å². The van der Waals surface area contributed by atoms with Gasteiger partial charge < -0.3 is 14.2 Å². The van der Waals surface area contributed by atoms with E-state index in [4.69, 9.17) is 25.8 Å². The summed E-state index contributed by atoms with van der Waals surface area (Å²) in [5.74, 6) is 0.973. The molecule has 1 aliphatic heterocycles. The van der Waals surface area contributed by atoms with Gasteiger partial charge in [-0.3, -0.25) is 0 Å². The third-order valence-corrected chi connectivity index (χ3v) is 6.22. The van der Waals surface area contributed by atoms with Crippen molar-refractivity contribution in [2.24, 2.45) is 0 Å². The van der Waals surface area contributed by atoms with Gasteiger partial charge in [-0.1, -0.05) is 11.6 Å². The highest BCUT2D eigenvalue weighted by atomic mass is 35.5. The number of hydrogen-bond donors (Lipinski definition) is 1. The van der Waals surface area contributed by atoms with Gasteiger partial charge in [0, 0.05) is 24.6 Å². The summed E-state index contributed by atoms with van der Waals surface area (Å²) in [6.07, 6.45) is -0.408. The van der Waals surface area contributed by atoms with Crippen LogP contribution >= 0.6 is 22.9 Å². The molecule has 1 aromatic carbocycles. The molecular formula is C15H16ClNO5S2. The zero-order chi connectivity index (χ0) is 17.2. The summed E-state index contributed by atoms with van der Waals surface area (Å²) >= 11 is 7.27. The second-order valence-electron chi connectivity index (χ2n) is 5.02. The number of halogens is 1. The molecule has 3 rings (SSSR count). The number of methoxy groups -OCH3 is 1. The highest BCUT2D eigenvalue weighted by Gasteiger charge is 2.22. The SMILES string of the molecule is CO[C@H](CNS(=O)(=O)c1ccc2c(c1)OCCO2)c1ccc(Cl)s1. The maximum Gasteiger partial charge on any atom is 0.240 e. The van der Waals surface area contributed by atoms with E-state index in [-0.39, 0.29) is 11.4 Å². The Kier molecular flexibility index (Phi) is 5.31. The van der Waals surface area contributed by atoms with E-state index >= 15 is 0 Å². The minimum absolute atomic E-state index is 0.101. The van der Waals surface area contributed by atoms with Crippen molar-refractivity contribution in [2.45, 2.75) is 11.0 Å². The topological polar surface area (TPSA) is 73.9 Å². The molecule has 0 radical (unpaired) electrons. The summed E-state index contributed by atoms with van der Waals surface area (Å²) in [4.78, 5) is 0.971. The summed E-state index contributed by atoms with van der Waals surface area (Å²) in [7, 11) is -2.17. The molecule has 0 amide bonds. The average Bonchev–Trinajstić information content (AvgIpc) is 3.01. The molecule has 0 unspecified atom stereocenters. The number of hydrogen-bond acceptors (Lipinski definition) is 6. The fraction of sp³-hybridized carbons (Fsp3) is 0.333. The van der Waals surface area contributed by atoms with Gasteiger partial charge in [-0.2, -0.15) is 0 Å². The molecule has 0 fully saturated rings. The Hall–Kier alpha value is -1.32. The fourth-order valence-corrected chi connectivity index (χ4v) is 4.45. The first-order chi connectivity index (χ1) is 11.5. The second kappa shape index (κ2) is 7.28. The van der Waals surface area contributed by atoms with Crippen LogP contribution < -0.4 is 14.2 Å². The molecule has 0 spiro atoms. The van der Waals surface area contributed by atoms with Gasteiger partial charge in [0.05, 0.1) is 9.23 Å². The van der Waals surface area contributed by atoms with E-state index in [0.717, 1.165) is 4.88 Å². The summed E-state index contributed by atoms with van der Waals surface area (Å²) in [6.45, 7) is 0.954. The quantitative estimate of drug-likeness (QED) is 0.822.